The van der Waals surface area contributed by atoms with Gasteiger partial charge in [0.25, 0.3) is 0 Å². The largest absolute Gasteiger partial charge is 0.395 e. The highest BCUT2D eigenvalue weighted by atomic mass is 32.2. The summed E-state index contributed by atoms with van der Waals surface area (Å²) >= 11 is 0. The summed E-state index contributed by atoms with van der Waals surface area (Å²) in [4.78, 5) is 28.3. The fraction of sp³-hybridized carbons (Fsp3) is 0.471. The zero-order valence-corrected chi connectivity index (χ0v) is 16.7. The number of hydrogen-bond acceptors (Lipinski definition) is 9. The average molecular weight is 421 g/mol. The van der Waals surface area contributed by atoms with Gasteiger partial charge in [-0.15, -0.1) is 0 Å². The Labute approximate surface area is 168 Å². The fourth-order valence-corrected chi connectivity index (χ4v) is 4.93. The van der Waals surface area contributed by atoms with E-state index in [0.29, 0.717) is 24.1 Å². The highest BCUT2D eigenvalue weighted by molar-refractivity contribution is 7.91. The maximum absolute atomic E-state index is 12.5. The van der Waals surface area contributed by atoms with Crippen LogP contribution in [0.4, 0.5) is 16.6 Å². The first kappa shape index (κ1) is 20.9. The molecule has 2 amide bonds. The van der Waals surface area contributed by atoms with E-state index in [4.69, 9.17) is 10.8 Å². The maximum Gasteiger partial charge on any atom is 0.321 e. The number of anilines is 2. The van der Waals surface area contributed by atoms with E-state index >= 15 is 0 Å². The van der Waals surface area contributed by atoms with E-state index in [1.165, 1.54) is 24.7 Å². The van der Waals surface area contributed by atoms with Crippen molar-refractivity contribution in [2.24, 2.45) is 0 Å². The van der Waals surface area contributed by atoms with Crippen molar-refractivity contribution < 1.29 is 18.3 Å². The van der Waals surface area contributed by atoms with Gasteiger partial charge in [-0.25, -0.2) is 33.1 Å². The number of carbonyl (C=O) groups is 1. The Morgan fingerprint density at radius 1 is 1.24 bits per heavy atom. The van der Waals surface area contributed by atoms with E-state index < -0.39 is 20.6 Å². The molecule has 0 unspecified atom stereocenters. The lowest BCUT2D eigenvalue weighted by Crippen LogP contribution is -2.33. The third-order valence-electron chi connectivity index (χ3n) is 4.87. The topological polar surface area (TPSA) is 173 Å². The molecule has 3 rings (SSSR count). The number of aliphatic hydroxyl groups is 1. The average Bonchev–Trinajstić information content (AvgIpc) is 3.18. The summed E-state index contributed by atoms with van der Waals surface area (Å²) in [5.41, 5.74) is 6.75. The van der Waals surface area contributed by atoms with Gasteiger partial charge in [-0.3, -0.25) is 5.32 Å². The summed E-state index contributed by atoms with van der Waals surface area (Å²) in [6.07, 6.45) is 6.63. The van der Waals surface area contributed by atoms with Gasteiger partial charge >= 0.3 is 6.03 Å². The van der Waals surface area contributed by atoms with Gasteiger partial charge in [0.15, 0.2) is 15.7 Å². The SMILES string of the molecule is CS(=O)(=O)C1(c2cc(N)nc(-c3cnc(NC(=O)NCCO)nc3)n2)CCCC1. The van der Waals surface area contributed by atoms with E-state index in [1.807, 2.05) is 0 Å². The molecule has 0 saturated heterocycles. The Hall–Kier alpha value is -2.86. The number of nitrogens with two attached hydrogens (primary N) is 1. The molecular weight excluding hydrogens is 398 g/mol. The van der Waals surface area contributed by atoms with Crippen LogP contribution in [0.15, 0.2) is 18.5 Å². The molecule has 29 heavy (non-hydrogen) atoms. The van der Waals surface area contributed by atoms with Crippen LogP contribution in [-0.2, 0) is 14.6 Å². The van der Waals surface area contributed by atoms with Crippen molar-refractivity contribution in [3.8, 4) is 11.4 Å². The van der Waals surface area contributed by atoms with Crippen LogP contribution in [0.1, 0.15) is 31.4 Å². The second-order valence-electron chi connectivity index (χ2n) is 6.88. The minimum absolute atomic E-state index is 0.0525. The molecule has 12 heteroatoms. The normalized spacial score (nSPS) is 15.8. The van der Waals surface area contributed by atoms with Crippen LogP contribution in [-0.4, -0.2) is 58.9 Å². The van der Waals surface area contributed by atoms with Gasteiger partial charge < -0.3 is 16.2 Å². The molecular formula is C17H23N7O4S. The number of carbonyl (C=O) groups excluding carboxylic acids is 1. The zero-order valence-electron chi connectivity index (χ0n) is 15.9. The monoisotopic (exact) mass is 421 g/mol. The second-order valence-corrected chi connectivity index (χ2v) is 9.20. The van der Waals surface area contributed by atoms with Crippen LogP contribution in [0.5, 0.6) is 0 Å². The van der Waals surface area contributed by atoms with Gasteiger partial charge in [-0.1, -0.05) is 12.8 Å². The number of nitrogens with zero attached hydrogens (tertiary/aromatic N) is 4. The van der Waals surface area contributed by atoms with Crippen LogP contribution in [0, 0.1) is 0 Å². The van der Waals surface area contributed by atoms with Gasteiger partial charge in [0.2, 0.25) is 5.95 Å². The number of aromatic nitrogens is 4. The molecule has 5 N–H and O–H groups in total. The van der Waals surface area contributed by atoms with Crippen LogP contribution in [0.25, 0.3) is 11.4 Å². The van der Waals surface area contributed by atoms with Gasteiger partial charge in [0.05, 0.1) is 17.9 Å². The molecule has 156 valence electrons. The first-order valence-electron chi connectivity index (χ1n) is 9.08. The lowest BCUT2D eigenvalue weighted by Gasteiger charge is -2.26. The van der Waals surface area contributed by atoms with Crippen molar-refractivity contribution >= 4 is 27.6 Å². The molecule has 2 aromatic rings. The smallest absolute Gasteiger partial charge is 0.321 e. The van der Waals surface area contributed by atoms with Crippen molar-refractivity contribution in [2.75, 3.05) is 30.5 Å². The van der Waals surface area contributed by atoms with E-state index in [9.17, 15) is 13.2 Å². The number of amides is 2. The standard InChI is InChI=1S/C17H23N7O4S/c1-29(27,28)17(4-2-3-5-17)12-8-13(18)23-14(22-12)11-9-20-15(21-10-11)24-16(26)19-6-7-25/h8-10,25H,2-7H2,1H3,(H2,18,22,23)(H2,19,20,21,24,26). The maximum atomic E-state index is 12.5. The van der Waals surface area contributed by atoms with Crippen molar-refractivity contribution in [2.45, 2.75) is 30.4 Å². The second kappa shape index (κ2) is 8.25. The number of hydrogen-bond donors (Lipinski definition) is 4. The molecule has 0 bridgehead atoms. The van der Waals surface area contributed by atoms with Gasteiger partial charge in [0.1, 0.15) is 10.6 Å². The molecule has 0 spiro atoms. The summed E-state index contributed by atoms with van der Waals surface area (Å²) in [7, 11) is -3.41. The molecule has 2 aromatic heterocycles. The van der Waals surface area contributed by atoms with Crippen molar-refractivity contribution in [3.05, 3.63) is 24.2 Å². The molecule has 1 fully saturated rings. The Morgan fingerprint density at radius 2 is 1.90 bits per heavy atom. The van der Waals surface area contributed by atoms with Gasteiger partial charge in [0, 0.05) is 31.3 Å². The summed E-state index contributed by atoms with van der Waals surface area (Å²) in [6, 6.07) is 0.962. The highest BCUT2D eigenvalue weighted by Gasteiger charge is 2.46. The lowest BCUT2D eigenvalue weighted by molar-refractivity contribution is 0.244. The van der Waals surface area contributed by atoms with Crippen molar-refractivity contribution in [3.63, 3.8) is 0 Å². The minimum atomic E-state index is -3.41. The Balaban J connectivity index is 1.89. The van der Waals surface area contributed by atoms with E-state index in [0.717, 1.165) is 12.8 Å². The first-order chi connectivity index (χ1) is 13.7. The van der Waals surface area contributed by atoms with E-state index in [1.54, 1.807) is 0 Å². The molecule has 0 aromatic carbocycles. The Bertz CT molecular complexity index is 989. The molecule has 2 heterocycles. The molecule has 1 saturated carbocycles. The van der Waals surface area contributed by atoms with Gasteiger partial charge in [-0.2, -0.15) is 0 Å². The van der Waals surface area contributed by atoms with Crippen molar-refractivity contribution in [1.82, 2.24) is 25.3 Å². The lowest BCUT2D eigenvalue weighted by atomic mass is 10.0. The summed E-state index contributed by atoms with van der Waals surface area (Å²) < 4.78 is 24.0. The number of aliphatic hydroxyl groups excluding tert-OH is 1. The van der Waals surface area contributed by atoms with E-state index in [2.05, 4.69) is 30.6 Å². The van der Waals surface area contributed by atoms with Gasteiger partial charge in [-0.05, 0) is 12.8 Å². The van der Waals surface area contributed by atoms with Crippen LogP contribution in [0.2, 0.25) is 0 Å². The molecule has 0 aliphatic heterocycles. The Morgan fingerprint density at radius 3 is 2.48 bits per heavy atom. The molecule has 1 aliphatic carbocycles. The predicted molar refractivity (Wildman–Crippen MR) is 107 cm³/mol. The summed E-state index contributed by atoms with van der Waals surface area (Å²) in [5, 5.41) is 13.5. The third kappa shape index (κ3) is 4.43. The fourth-order valence-electron chi connectivity index (χ4n) is 3.41. The summed E-state index contributed by atoms with van der Waals surface area (Å²) in [6.45, 7) is -0.0802. The third-order valence-corrected chi connectivity index (χ3v) is 6.90. The first-order valence-corrected chi connectivity index (χ1v) is 11.0. The number of urea groups is 1. The van der Waals surface area contributed by atoms with Crippen LogP contribution in [0.3, 0.4) is 0 Å². The molecule has 11 nitrogen and oxygen atoms in total. The number of sulfone groups is 1. The van der Waals surface area contributed by atoms with E-state index in [-0.39, 0.29) is 30.7 Å². The number of nitrogens with one attached hydrogen (secondary N) is 2. The molecule has 1 aliphatic rings. The molecule has 0 atom stereocenters. The Kier molecular flexibility index (Phi) is 5.94. The molecule has 0 radical (unpaired) electrons. The van der Waals surface area contributed by atoms with Crippen LogP contribution < -0.4 is 16.4 Å². The predicted octanol–water partition coefficient (Wildman–Crippen LogP) is 0.443. The zero-order chi connectivity index (χ0) is 21.1. The summed E-state index contributed by atoms with van der Waals surface area (Å²) in [5.74, 6) is 0.424. The van der Waals surface area contributed by atoms with Crippen molar-refractivity contribution in [1.29, 1.82) is 0 Å². The quantitative estimate of drug-likeness (QED) is 0.516. The van der Waals surface area contributed by atoms with Crippen LogP contribution >= 0.6 is 0 Å². The highest BCUT2D eigenvalue weighted by Crippen LogP contribution is 2.45. The number of nitrogen functional groups attached to an aromatic ring is 1. The number of rotatable bonds is 6. The minimum Gasteiger partial charge on any atom is -0.395 e.